The van der Waals surface area contributed by atoms with E-state index in [0.29, 0.717) is 0 Å². The Labute approximate surface area is 84.0 Å². The summed E-state index contributed by atoms with van der Waals surface area (Å²) in [6, 6.07) is 8.03. The molecule has 1 aliphatic rings. The third kappa shape index (κ3) is 2.05. The number of ether oxygens (including phenoxy) is 2. The van der Waals surface area contributed by atoms with Gasteiger partial charge in [0.2, 0.25) is 0 Å². The van der Waals surface area contributed by atoms with E-state index in [1.807, 2.05) is 18.2 Å². The van der Waals surface area contributed by atoms with E-state index in [9.17, 15) is 0 Å². The van der Waals surface area contributed by atoms with Crippen LogP contribution in [0.1, 0.15) is 11.7 Å². The van der Waals surface area contributed by atoms with Crippen molar-refractivity contribution < 1.29 is 9.47 Å². The van der Waals surface area contributed by atoms with Gasteiger partial charge in [-0.3, -0.25) is 0 Å². The van der Waals surface area contributed by atoms with Crippen LogP contribution in [0.4, 0.5) is 0 Å². The zero-order valence-electron chi connectivity index (χ0n) is 8.32. The van der Waals surface area contributed by atoms with E-state index in [-0.39, 0.29) is 6.10 Å². The summed E-state index contributed by atoms with van der Waals surface area (Å²) in [5, 5.41) is 3.30. The molecule has 1 aromatic rings. The number of benzene rings is 1. The van der Waals surface area contributed by atoms with Gasteiger partial charge in [-0.25, -0.2) is 0 Å². The predicted molar refractivity (Wildman–Crippen MR) is 54.6 cm³/mol. The smallest absolute Gasteiger partial charge is 0.119 e. The molecule has 1 saturated heterocycles. The minimum atomic E-state index is 0.166. The maximum Gasteiger partial charge on any atom is 0.119 e. The number of nitrogens with one attached hydrogen (secondary N) is 1. The lowest BCUT2D eigenvalue weighted by Gasteiger charge is -2.24. The van der Waals surface area contributed by atoms with Crippen molar-refractivity contribution in [3.63, 3.8) is 0 Å². The van der Waals surface area contributed by atoms with Gasteiger partial charge in [0, 0.05) is 13.1 Å². The summed E-state index contributed by atoms with van der Waals surface area (Å²) in [6.07, 6.45) is 0.166. The first kappa shape index (κ1) is 9.49. The van der Waals surface area contributed by atoms with Gasteiger partial charge in [-0.15, -0.1) is 0 Å². The van der Waals surface area contributed by atoms with E-state index in [4.69, 9.17) is 9.47 Å². The molecule has 0 radical (unpaired) electrons. The molecule has 0 spiro atoms. The molecule has 1 aliphatic heterocycles. The molecule has 14 heavy (non-hydrogen) atoms. The van der Waals surface area contributed by atoms with Crippen LogP contribution in [-0.4, -0.2) is 26.8 Å². The van der Waals surface area contributed by atoms with Gasteiger partial charge < -0.3 is 14.8 Å². The summed E-state index contributed by atoms with van der Waals surface area (Å²) in [6.45, 7) is 2.61. The van der Waals surface area contributed by atoms with Crippen LogP contribution in [0.15, 0.2) is 24.3 Å². The minimum absolute atomic E-state index is 0.166. The highest BCUT2D eigenvalue weighted by atomic mass is 16.5. The highest BCUT2D eigenvalue weighted by molar-refractivity contribution is 5.30. The molecular formula is C11H15NO2. The van der Waals surface area contributed by atoms with Crippen molar-refractivity contribution in [2.75, 3.05) is 26.8 Å². The van der Waals surface area contributed by atoms with Crippen molar-refractivity contribution in [3.8, 4) is 5.75 Å². The van der Waals surface area contributed by atoms with E-state index in [1.165, 1.54) is 5.56 Å². The fraction of sp³-hybridized carbons (Fsp3) is 0.455. The molecular weight excluding hydrogens is 178 g/mol. The molecule has 1 fully saturated rings. The monoisotopic (exact) mass is 193 g/mol. The van der Waals surface area contributed by atoms with E-state index in [2.05, 4.69) is 11.4 Å². The Hall–Kier alpha value is -1.06. The standard InChI is InChI=1S/C11H15NO2/c1-13-10-4-2-3-9(7-10)11-8-12-5-6-14-11/h2-4,7,11-12H,5-6,8H2,1H3/t11-/m1/s1. The van der Waals surface area contributed by atoms with Crippen LogP contribution in [0, 0.1) is 0 Å². The first-order valence-corrected chi connectivity index (χ1v) is 4.86. The van der Waals surface area contributed by atoms with Crippen LogP contribution < -0.4 is 10.1 Å². The normalized spacial score (nSPS) is 21.9. The number of rotatable bonds is 2. The third-order valence-electron chi connectivity index (χ3n) is 2.39. The van der Waals surface area contributed by atoms with Gasteiger partial charge in [-0.2, -0.15) is 0 Å². The van der Waals surface area contributed by atoms with Crippen LogP contribution in [0.2, 0.25) is 0 Å². The van der Waals surface area contributed by atoms with Crippen LogP contribution >= 0.6 is 0 Å². The molecule has 1 aromatic carbocycles. The van der Waals surface area contributed by atoms with Gasteiger partial charge in [-0.05, 0) is 17.7 Å². The van der Waals surface area contributed by atoms with Gasteiger partial charge in [0.1, 0.15) is 5.75 Å². The fourth-order valence-corrected chi connectivity index (χ4v) is 1.62. The topological polar surface area (TPSA) is 30.5 Å². The largest absolute Gasteiger partial charge is 0.497 e. The van der Waals surface area contributed by atoms with Crippen molar-refractivity contribution >= 4 is 0 Å². The molecule has 0 saturated carbocycles. The lowest BCUT2D eigenvalue weighted by Crippen LogP contribution is -2.33. The Kier molecular flexibility index (Phi) is 3.01. The predicted octanol–water partition coefficient (Wildman–Crippen LogP) is 1.36. The zero-order chi connectivity index (χ0) is 9.80. The van der Waals surface area contributed by atoms with Crippen LogP contribution in [0.5, 0.6) is 5.75 Å². The molecule has 0 bridgehead atoms. The van der Waals surface area contributed by atoms with Crippen molar-refractivity contribution in [3.05, 3.63) is 29.8 Å². The highest BCUT2D eigenvalue weighted by Crippen LogP contribution is 2.22. The third-order valence-corrected chi connectivity index (χ3v) is 2.39. The van der Waals surface area contributed by atoms with E-state index >= 15 is 0 Å². The van der Waals surface area contributed by atoms with Crippen LogP contribution in [0.3, 0.4) is 0 Å². The SMILES string of the molecule is COc1cccc([C@H]2CNCCO2)c1. The first-order valence-electron chi connectivity index (χ1n) is 4.86. The van der Waals surface area contributed by atoms with Crippen molar-refractivity contribution in [2.24, 2.45) is 0 Å². The summed E-state index contributed by atoms with van der Waals surface area (Å²) in [5.41, 5.74) is 1.18. The average Bonchev–Trinajstić information content (AvgIpc) is 2.30. The van der Waals surface area contributed by atoms with Gasteiger partial charge >= 0.3 is 0 Å². The number of hydrogen-bond acceptors (Lipinski definition) is 3. The number of methoxy groups -OCH3 is 1. The Morgan fingerprint density at radius 1 is 1.50 bits per heavy atom. The zero-order valence-corrected chi connectivity index (χ0v) is 8.32. The maximum absolute atomic E-state index is 5.65. The second kappa shape index (κ2) is 4.44. The van der Waals surface area contributed by atoms with Crippen molar-refractivity contribution in [1.29, 1.82) is 0 Å². The van der Waals surface area contributed by atoms with Gasteiger partial charge in [0.25, 0.3) is 0 Å². The second-order valence-corrected chi connectivity index (χ2v) is 3.34. The molecule has 0 aliphatic carbocycles. The van der Waals surface area contributed by atoms with Crippen LogP contribution in [0.25, 0.3) is 0 Å². The quantitative estimate of drug-likeness (QED) is 0.769. The Morgan fingerprint density at radius 3 is 3.14 bits per heavy atom. The molecule has 1 heterocycles. The fourth-order valence-electron chi connectivity index (χ4n) is 1.62. The van der Waals surface area contributed by atoms with E-state index in [1.54, 1.807) is 7.11 Å². The lowest BCUT2D eigenvalue weighted by atomic mass is 10.1. The van der Waals surface area contributed by atoms with Crippen molar-refractivity contribution in [1.82, 2.24) is 5.32 Å². The Morgan fingerprint density at radius 2 is 2.43 bits per heavy atom. The van der Waals surface area contributed by atoms with Crippen LogP contribution in [-0.2, 0) is 4.74 Å². The van der Waals surface area contributed by atoms with E-state index < -0.39 is 0 Å². The molecule has 0 amide bonds. The number of morpholine rings is 1. The van der Waals surface area contributed by atoms with Gasteiger partial charge in [0.15, 0.2) is 0 Å². The Balaban J connectivity index is 2.13. The summed E-state index contributed by atoms with van der Waals surface area (Å²) in [7, 11) is 1.68. The molecule has 2 rings (SSSR count). The second-order valence-electron chi connectivity index (χ2n) is 3.34. The first-order chi connectivity index (χ1) is 6.90. The summed E-state index contributed by atoms with van der Waals surface area (Å²) >= 11 is 0. The maximum atomic E-state index is 5.65. The molecule has 0 unspecified atom stereocenters. The molecule has 1 atom stereocenters. The average molecular weight is 193 g/mol. The van der Waals surface area contributed by atoms with Gasteiger partial charge in [-0.1, -0.05) is 12.1 Å². The minimum Gasteiger partial charge on any atom is -0.497 e. The number of hydrogen-bond donors (Lipinski definition) is 1. The highest BCUT2D eigenvalue weighted by Gasteiger charge is 2.15. The molecule has 3 nitrogen and oxygen atoms in total. The summed E-state index contributed by atoms with van der Waals surface area (Å²) < 4.78 is 10.8. The molecule has 3 heteroatoms. The van der Waals surface area contributed by atoms with Crippen molar-refractivity contribution in [2.45, 2.75) is 6.10 Å². The molecule has 76 valence electrons. The lowest BCUT2D eigenvalue weighted by molar-refractivity contribution is 0.0276. The Bertz CT molecular complexity index is 295. The summed E-state index contributed by atoms with van der Waals surface area (Å²) in [4.78, 5) is 0. The summed E-state index contributed by atoms with van der Waals surface area (Å²) in [5.74, 6) is 0.886. The van der Waals surface area contributed by atoms with Gasteiger partial charge in [0.05, 0.1) is 19.8 Å². The van der Waals surface area contributed by atoms with E-state index in [0.717, 1.165) is 25.4 Å². The molecule has 0 aromatic heterocycles. The molecule has 1 N–H and O–H groups in total.